The fraction of sp³-hybridized carbons (Fsp3) is 0.0435. The van der Waals surface area contributed by atoms with E-state index in [1.54, 1.807) is 0 Å². The molecule has 5 rings (SSSR count). The molecule has 0 aromatic heterocycles. The van der Waals surface area contributed by atoms with E-state index >= 15 is 0 Å². The van der Waals surface area contributed by atoms with Crippen molar-refractivity contribution < 1.29 is 0 Å². The fourth-order valence-corrected chi connectivity index (χ4v) is 3.75. The number of benzene rings is 4. The molecular formula is C23H19BN2. The normalized spacial score (nSPS) is 12.5. The second kappa shape index (κ2) is 6.27. The molecule has 0 radical (unpaired) electrons. The number of nitrogens with one attached hydrogen (secondary N) is 2. The maximum Gasteiger partial charge on any atom is 0.406 e. The second-order valence-corrected chi connectivity index (χ2v) is 6.83. The quantitative estimate of drug-likeness (QED) is 0.532. The van der Waals surface area contributed by atoms with E-state index in [0.717, 1.165) is 6.42 Å². The molecule has 3 heteroatoms. The Morgan fingerprint density at radius 1 is 0.577 bits per heavy atom. The molecule has 4 aromatic carbocycles. The molecule has 0 amide bonds. The fourth-order valence-electron chi connectivity index (χ4n) is 3.75. The van der Waals surface area contributed by atoms with Gasteiger partial charge in [-0.3, -0.25) is 0 Å². The number of anilines is 2. The molecule has 0 atom stereocenters. The van der Waals surface area contributed by atoms with Crippen LogP contribution in [0.1, 0.15) is 11.1 Å². The van der Waals surface area contributed by atoms with E-state index in [0.29, 0.717) is 0 Å². The Balaban J connectivity index is 1.41. The van der Waals surface area contributed by atoms with Gasteiger partial charge >= 0.3 is 6.98 Å². The molecule has 1 aliphatic rings. The summed E-state index contributed by atoms with van der Waals surface area (Å²) < 4.78 is 0. The van der Waals surface area contributed by atoms with Gasteiger partial charge in [-0.25, -0.2) is 0 Å². The van der Waals surface area contributed by atoms with Gasteiger partial charge in [-0.15, -0.1) is 0 Å². The van der Waals surface area contributed by atoms with E-state index in [2.05, 4.69) is 101 Å². The van der Waals surface area contributed by atoms with E-state index in [1.807, 2.05) is 0 Å². The first kappa shape index (κ1) is 15.1. The van der Waals surface area contributed by atoms with Crippen LogP contribution < -0.4 is 15.9 Å². The molecule has 4 aromatic rings. The smallest absolute Gasteiger partial charge is 0.405 e. The van der Waals surface area contributed by atoms with Gasteiger partial charge in [-0.05, 0) is 40.5 Å². The maximum atomic E-state index is 3.64. The van der Waals surface area contributed by atoms with Crippen LogP contribution >= 0.6 is 0 Å². The van der Waals surface area contributed by atoms with E-state index in [-0.39, 0.29) is 6.98 Å². The van der Waals surface area contributed by atoms with Crippen molar-refractivity contribution in [2.24, 2.45) is 0 Å². The van der Waals surface area contributed by atoms with Crippen molar-refractivity contribution in [1.29, 1.82) is 0 Å². The van der Waals surface area contributed by atoms with Crippen LogP contribution in [0.5, 0.6) is 0 Å². The second-order valence-electron chi connectivity index (χ2n) is 6.83. The summed E-state index contributed by atoms with van der Waals surface area (Å²) in [5, 5.41) is 9.80. The van der Waals surface area contributed by atoms with Crippen LogP contribution in [-0.4, -0.2) is 6.98 Å². The Bertz CT molecular complexity index is 1020. The van der Waals surface area contributed by atoms with Gasteiger partial charge in [-0.1, -0.05) is 78.9 Å². The molecule has 124 valence electrons. The first-order valence-electron chi connectivity index (χ1n) is 9.04. The lowest BCUT2D eigenvalue weighted by atomic mass is 9.66. The molecule has 26 heavy (non-hydrogen) atoms. The highest BCUT2D eigenvalue weighted by Crippen LogP contribution is 2.33. The largest absolute Gasteiger partial charge is 0.406 e. The molecule has 0 aliphatic carbocycles. The van der Waals surface area contributed by atoms with E-state index < -0.39 is 0 Å². The van der Waals surface area contributed by atoms with Crippen molar-refractivity contribution in [3.05, 3.63) is 102 Å². The van der Waals surface area contributed by atoms with Gasteiger partial charge in [-0.2, -0.15) is 0 Å². The van der Waals surface area contributed by atoms with Crippen molar-refractivity contribution in [2.75, 3.05) is 10.5 Å². The summed E-state index contributed by atoms with van der Waals surface area (Å²) in [6.07, 6.45) is 0.967. The first-order chi connectivity index (χ1) is 12.9. The van der Waals surface area contributed by atoms with Crippen molar-refractivity contribution >= 4 is 34.6 Å². The van der Waals surface area contributed by atoms with Crippen LogP contribution in [0.25, 0.3) is 10.8 Å². The predicted octanol–water partition coefficient (Wildman–Crippen LogP) is 4.66. The Morgan fingerprint density at radius 3 is 1.85 bits per heavy atom. The topological polar surface area (TPSA) is 24.1 Å². The third-order valence-electron chi connectivity index (χ3n) is 5.07. The molecule has 0 fully saturated rings. The summed E-state index contributed by atoms with van der Waals surface area (Å²) in [5.41, 5.74) is 6.30. The molecule has 1 aliphatic heterocycles. The molecule has 2 N–H and O–H groups in total. The average molecular weight is 334 g/mol. The Morgan fingerprint density at radius 2 is 1.19 bits per heavy atom. The third kappa shape index (κ3) is 2.72. The van der Waals surface area contributed by atoms with Crippen LogP contribution in [0.15, 0.2) is 91.0 Å². The minimum absolute atomic E-state index is 0.0845. The number of rotatable bonds is 3. The van der Waals surface area contributed by atoms with Gasteiger partial charge in [0, 0.05) is 16.8 Å². The lowest BCUT2D eigenvalue weighted by Crippen LogP contribution is -2.47. The van der Waals surface area contributed by atoms with Crippen molar-refractivity contribution in [1.82, 2.24) is 0 Å². The van der Waals surface area contributed by atoms with Crippen LogP contribution in [0.2, 0.25) is 0 Å². The molecule has 0 unspecified atom stereocenters. The van der Waals surface area contributed by atoms with Crippen LogP contribution in [0.3, 0.4) is 0 Å². The molecular weight excluding hydrogens is 315 g/mol. The van der Waals surface area contributed by atoms with Crippen LogP contribution in [0.4, 0.5) is 11.4 Å². The summed E-state index contributed by atoms with van der Waals surface area (Å²) in [5.74, 6) is 0. The van der Waals surface area contributed by atoms with Gasteiger partial charge in [0.1, 0.15) is 0 Å². The summed E-state index contributed by atoms with van der Waals surface area (Å²) in [6, 6.07) is 32.3. The van der Waals surface area contributed by atoms with Gasteiger partial charge in [0.05, 0.1) is 0 Å². The predicted molar refractivity (Wildman–Crippen MR) is 112 cm³/mol. The zero-order valence-electron chi connectivity index (χ0n) is 14.4. The zero-order chi connectivity index (χ0) is 17.3. The SMILES string of the molecule is c1ccc(Cc2ccc(B3Nc4cccc5cccc(c45)N3)cc2)cc1. The first-order valence-corrected chi connectivity index (χ1v) is 9.04. The molecule has 1 heterocycles. The van der Waals surface area contributed by atoms with Gasteiger partial charge < -0.3 is 10.5 Å². The third-order valence-corrected chi connectivity index (χ3v) is 5.07. The van der Waals surface area contributed by atoms with Gasteiger partial charge in [0.25, 0.3) is 0 Å². The molecule has 0 saturated heterocycles. The molecule has 0 spiro atoms. The monoisotopic (exact) mass is 334 g/mol. The minimum atomic E-state index is 0.0845. The van der Waals surface area contributed by atoms with Gasteiger partial charge in [0.15, 0.2) is 0 Å². The highest BCUT2D eigenvalue weighted by molar-refractivity contribution is 6.80. The Labute approximate surface area is 154 Å². The standard InChI is InChI=1S/C23H19BN2/c1-2-6-17(7-3-1)16-18-12-14-20(15-13-18)24-25-21-10-4-8-19-9-5-11-22(26-24)23(19)21/h1-15,25-26H,16H2. The van der Waals surface area contributed by atoms with E-state index in [4.69, 9.17) is 0 Å². The van der Waals surface area contributed by atoms with Crippen molar-refractivity contribution in [3.63, 3.8) is 0 Å². The zero-order valence-corrected chi connectivity index (χ0v) is 14.4. The molecule has 2 nitrogen and oxygen atoms in total. The van der Waals surface area contributed by atoms with Crippen molar-refractivity contribution in [3.8, 4) is 0 Å². The number of hydrogen-bond donors (Lipinski definition) is 2. The Hall–Kier alpha value is -3.20. The minimum Gasteiger partial charge on any atom is -0.405 e. The Kier molecular flexibility index (Phi) is 3.64. The highest BCUT2D eigenvalue weighted by Gasteiger charge is 2.25. The maximum absolute atomic E-state index is 3.64. The summed E-state index contributed by atoms with van der Waals surface area (Å²) in [4.78, 5) is 0. The average Bonchev–Trinajstić information content (AvgIpc) is 2.70. The van der Waals surface area contributed by atoms with Crippen molar-refractivity contribution in [2.45, 2.75) is 6.42 Å². The lowest BCUT2D eigenvalue weighted by molar-refractivity contribution is 1.20. The van der Waals surface area contributed by atoms with Gasteiger partial charge in [0.2, 0.25) is 0 Å². The van der Waals surface area contributed by atoms with E-state index in [9.17, 15) is 0 Å². The highest BCUT2D eigenvalue weighted by atomic mass is 15.0. The van der Waals surface area contributed by atoms with E-state index in [1.165, 1.54) is 38.7 Å². The lowest BCUT2D eigenvalue weighted by Gasteiger charge is -2.27. The van der Waals surface area contributed by atoms with Crippen LogP contribution in [0, 0.1) is 0 Å². The summed E-state index contributed by atoms with van der Waals surface area (Å²) in [7, 11) is 0. The molecule has 0 saturated carbocycles. The summed E-state index contributed by atoms with van der Waals surface area (Å²) in [6.45, 7) is 0.0845. The number of hydrogen-bond acceptors (Lipinski definition) is 2. The summed E-state index contributed by atoms with van der Waals surface area (Å²) >= 11 is 0. The van der Waals surface area contributed by atoms with Crippen LogP contribution in [-0.2, 0) is 6.42 Å². The molecule has 0 bridgehead atoms.